The molecule has 130 valence electrons. The number of carbonyl (C=O) groups excluding carboxylic acids is 2. The normalized spacial score (nSPS) is 16.1. The van der Waals surface area contributed by atoms with Crippen LogP contribution in [0.4, 0.5) is 0 Å². The number of benzene rings is 2. The minimum Gasteiger partial charge on any atom is -0.497 e. The third-order valence-corrected chi connectivity index (χ3v) is 4.56. The molecule has 1 N–H and O–H groups in total. The van der Waals surface area contributed by atoms with Crippen molar-refractivity contribution in [1.82, 2.24) is 10.2 Å². The van der Waals surface area contributed by atoms with Gasteiger partial charge in [-0.05, 0) is 28.8 Å². The van der Waals surface area contributed by atoms with Gasteiger partial charge in [-0.15, -0.1) is 0 Å². The highest BCUT2D eigenvalue weighted by molar-refractivity contribution is 5.87. The second-order valence-electron chi connectivity index (χ2n) is 6.20. The van der Waals surface area contributed by atoms with Crippen molar-refractivity contribution in [3.63, 3.8) is 0 Å². The lowest BCUT2D eigenvalue weighted by Crippen LogP contribution is -2.51. The molecule has 0 fully saturated rings. The first-order chi connectivity index (χ1) is 12.1. The number of amides is 2. The van der Waals surface area contributed by atoms with Crippen molar-refractivity contribution < 1.29 is 14.3 Å². The second-order valence-corrected chi connectivity index (χ2v) is 6.20. The van der Waals surface area contributed by atoms with Crippen LogP contribution in [0.3, 0.4) is 0 Å². The molecule has 2 aromatic carbocycles. The lowest BCUT2D eigenvalue weighted by Gasteiger charge is -2.35. The van der Waals surface area contributed by atoms with Crippen molar-refractivity contribution in [3.8, 4) is 5.75 Å². The Kier molecular flexibility index (Phi) is 5.03. The molecule has 5 nitrogen and oxygen atoms in total. The monoisotopic (exact) mass is 338 g/mol. The Balaban J connectivity index is 1.72. The molecule has 2 aromatic rings. The molecule has 1 aliphatic heterocycles. The minimum absolute atomic E-state index is 0.0870. The quantitative estimate of drug-likeness (QED) is 0.930. The van der Waals surface area contributed by atoms with Crippen LogP contribution in [0.1, 0.15) is 23.6 Å². The highest BCUT2D eigenvalue weighted by Gasteiger charge is 2.32. The van der Waals surface area contributed by atoms with Crippen LogP contribution >= 0.6 is 0 Å². The van der Waals surface area contributed by atoms with Crippen molar-refractivity contribution in [3.05, 3.63) is 65.2 Å². The number of fused-ring (bicyclic) bond motifs is 1. The van der Waals surface area contributed by atoms with Gasteiger partial charge in [0.15, 0.2) is 0 Å². The Hall–Kier alpha value is -2.82. The van der Waals surface area contributed by atoms with E-state index in [1.54, 1.807) is 12.0 Å². The molecule has 5 heteroatoms. The first-order valence-electron chi connectivity index (χ1n) is 8.33. The summed E-state index contributed by atoms with van der Waals surface area (Å²) in [4.78, 5) is 26.4. The van der Waals surface area contributed by atoms with E-state index < -0.39 is 6.04 Å². The summed E-state index contributed by atoms with van der Waals surface area (Å²) in [6.45, 7) is 2.39. The van der Waals surface area contributed by atoms with Crippen LogP contribution in [0.5, 0.6) is 5.75 Å². The molecule has 3 rings (SSSR count). The molecule has 25 heavy (non-hydrogen) atoms. The average Bonchev–Trinajstić information content (AvgIpc) is 2.65. The summed E-state index contributed by atoms with van der Waals surface area (Å²) in [5.41, 5.74) is 3.19. The van der Waals surface area contributed by atoms with E-state index >= 15 is 0 Å². The molecule has 1 heterocycles. The number of nitrogens with one attached hydrogen (secondary N) is 1. The van der Waals surface area contributed by atoms with E-state index in [1.165, 1.54) is 6.92 Å². The van der Waals surface area contributed by atoms with Gasteiger partial charge in [-0.1, -0.05) is 36.4 Å². The lowest BCUT2D eigenvalue weighted by molar-refractivity contribution is -0.140. The Morgan fingerprint density at radius 1 is 1.16 bits per heavy atom. The average molecular weight is 338 g/mol. The number of hydrogen-bond donors (Lipinski definition) is 1. The maximum absolute atomic E-state index is 12.7. The van der Waals surface area contributed by atoms with Gasteiger partial charge >= 0.3 is 0 Å². The number of carbonyl (C=O) groups is 2. The number of hydrogen-bond acceptors (Lipinski definition) is 3. The summed E-state index contributed by atoms with van der Waals surface area (Å²) in [5, 5.41) is 2.95. The highest BCUT2D eigenvalue weighted by Crippen LogP contribution is 2.23. The maximum Gasteiger partial charge on any atom is 0.243 e. The predicted octanol–water partition coefficient (Wildman–Crippen LogP) is 2.28. The van der Waals surface area contributed by atoms with Crippen molar-refractivity contribution in [2.24, 2.45) is 0 Å². The SMILES string of the molecule is COc1cccc(CNC(=O)[C@@H]2Cc3ccccc3CN2C(C)=O)c1. The Morgan fingerprint density at radius 2 is 1.92 bits per heavy atom. The molecule has 0 aromatic heterocycles. The van der Waals surface area contributed by atoms with Gasteiger partial charge in [0.1, 0.15) is 11.8 Å². The van der Waals surface area contributed by atoms with Gasteiger partial charge in [0, 0.05) is 26.4 Å². The molecule has 2 amide bonds. The van der Waals surface area contributed by atoms with Crippen molar-refractivity contribution >= 4 is 11.8 Å². The molecule has 0 unspecified atom stereocenters. The van der Waals surface area contributed by atoms with Gasteiger partial charge in [0.25, 0.3) is 0 Å². The van der Waals surface area contributed by atoms with Gasteiger partial charge in [0.05, 0.1) is 7.11 Å². The second kappa shape index (κ2) is 7.38. The smallest absolute Gasteiger partial charge is 0.243 e. The molecule has 0 radical (unpaired) electrons. The largest absolute Gasteiger partial charge is 0.497 e. The van der Waals surface area contributed by atoms with Crippen LogP contribution in [-0.2, 0) is 29.1 Å². The van der Waals surface area contributed by atoms with Crippen LogP contribution in [0.2, 0.25) is 0 Å². The van der Waals surface area contributed by atoms with Gasteiger partial charge in [-0.25, -0.2) is 0 Å². The Bertz CT molecular complexity index is 788. The third-order valence-electron chi connectivity index (χ3n) is 4.56. The van der Waals surface area contributed by atoms with Crippen LogP contribution in [0.25, 0.3) is 0 Å². The molecule has 0 bridgehead atoms. The third kappa shape index (κ3) is 3.82. The number of nitrogens with zero attached hydrogens (tertiary/aromatic N) is 1. The van der Waals surface area contributed by atoms with Crippen LogP contribution in [0, 0.1) is 0 Å². The summed E-state index contributed by atoms with van der Waals surface area (Å²) in [7, 11) is 1.61. The van der Waals surface area contributed by atoms with Crippen LogP contribution in [-0.4, -0.2) is 29.9 Å². The maximum atomic E-state index is 12.7. The molecule has 1 atom stereocenters. The lowest BCUT2D eigenvalue weighted by atomic mass is 9.93. The van der Waals surface area contributed by atoms with E-state index in [2.05, 4.69) is 5.32 Å². The van der Waals surface area contributed by atoms with Gasteiger partial charge in [-0.3, -0.25) is 9.59 Å². The minimum atomic E-state index is -0.474. The molecule has 0 saturated heterocycles. The summed E-state index contributed by atoms with van der Waals surface area (Å²) < 4.78 is 5.20. The van der Waals surface area contributed by atoms with E-state index in [9.17, 15) is 9.59 Å². The fourth-order valence-electron chi connectivity index (χ4n) is 3.18. The first kappa shape index (κ1) is 17.0. The van der Waals surface area contributed by atoms with E-state index in [0.717, 1.165) is 22.4 Å². The fourth-order valence-corrected chi connectivity index (χ4v) is 3.18. The molecular formula is C20H22N2O3. The molecule has 0 saturated carbocycles. The van der Waals surface area contributed by atoms with Crippen LogP contribution in [0.15, 0.2) is 48.5 Å². The molecule has 0 spiro atoms. The van der Waals surface area contributed by atoms with E-state index in [0.29, 0.717) is 19.5 Å². The zero-order valence-electron chi connectivity index (χ0n) is 14.5. The fraction of sp³-hybridized carbons (Fsp3) is 0.300. The Morgan fingerprint density at radius 3 is 2.64 bits per heavy atom. The van der Waals surface area contributed by atoms with E-state index in [4.69, 9.17) is 4.74 Å². The summed E-state index contributed by atoms with van der Waals surface area (Å²) in [6, 6.07) is 15.1. The highest BCUT2D eigenvalue weighted by atomic mass is 16.5. The number of methoxy groups -OCH3 is 1. The standard InChI is InChI=1S/C20H22N2O3/c1-14(23)22-13-17-8-4-3-7-16(17)11-19(22)20(24)21-12-15-6-5-9-18(10-15)25-2/h3-10,19H,11-13H2,1-2H3,(H,21,24)/t19-/m0/s1. The molecule has 1 aliphatic rings. The summed E-state index contributed by atoms with van der Waals surface area (Å²) >= 11 is 0. The van der Waals surface area contributed by atoms with Gasteiger partial charge in [-0.2, -0.15) is 0 Å². The van der Waals surface area contributed by atoms with Crippen molar-refractivity contribution in [1.29, 1.82) is 0 Å². The van der Waals surface area contributed by atoms with Crippen LogP contribution < -0.4 is 10.1 Å². The van der Waals surface area contributed by atoms with E-state index in [-0.39, 0.29) is 11.8 Å². The summed E-state index contributed by atoms with van der Waals surface area (Å²) in [6.07, 6.45) is 0.541. The zero-order chi connectivity index (χ0) is 17.8. The van der Waals surface area contributed by atoms with E-state index in [1.807, 2.05) is 48.5 Å². The number of rotatable bonds is 4. The molecular weight excluding hydrogens is 316 g/mol. The first-order valence-corrected chi connectivity index (χ1v) is 8.33. The van der Waals surface area contributed by atoms with Crippen molar-refractivity contribution in [2.45, 2.75) is 32.5 Å². The summed E-state index contributed by atoms with van der Waals surface area (Å²) in [5.74, 6) is 0.535. The van der Waals surface area contributed by atoms with Gasteiger partial charge in [0.2, 0.25) is 11.8 Å². The topological polar surface area (TPSA) is 58.6 Å². The number of ether oxygens (including phenoxy) is 1. The predicted molar refractivity (Wildman–Crippen MR) is 95.0 cm³/mol. The zero-order valence-corrected chi connectivity index (χ0v) is 14.5. The van der Waals surface area contributed by atoms with Gasteiger partial charge < -0.3 is 15.0 Å². The van der Waals surface area contributed by atoms with Crippen molar-refractivity contribution in [2.75, 3.05) is 7.11 Å². The molecule has 0 aliphatic carbocycles. The Labute approximate surface area is 147 Å².